The summed E-state index contributed by atoms with van der Waals surface area (Å²) in [6.07, 6.45) is 0. The van der Waals surface area contributed by atoms with Crippen LogP contribution in [0, 0.1) is 16.6 Å². The summed E-state index contributed by atoms with van der Waals surface area (Å²) in [4.78, 5) is 22.0. The van der Waals surface area contributed by atoms with Crippen molar-refractivity contribution in [3.05, 3.63) is 63.8 Å². The summed E-state index contributed by atoms with van der Waals surface area (Å²) in [5.41, 5.74) is 3.68. The van der Waals surface area contributed by atoms with Gasteiger partial charge in [-0.1, -0.05) is 65.8 Å². The molecule has 28 heavy (non-hydrogen) atoms. The molecule has 0 unspecified atom stereocenters. The molecule has 6 heteroatoms. The van der Waals surface area contributed by atoms with Crippen LogP contribution in [-0.4, -0.2) is 19.9 Å². The molecule has 0 saturated heterocycles. The Balaban J connectivity index is 0.000000206. The molecule has 2 aromatic carbocycles. The van der Waals surface area contributed by atoms with Crippen molar-refractivity contribution in [3.63, 3.8) is 0 Å². The molecule has 4 rings (SSSR count). The van der Waals surface area contributed by atoms with Crippen LogP contribution >= 0.6 is 12.2 Å². The smallest absolute Gasteiger partial charge is 0.323 e. The molecule has 152 valence electrons. The van der Waals surface area contributed by atoms with Crippen molar-refractivity contribution < 1.29 is 0 Å². The van der Waals surface area contributed by atoms with Crippen molar-refractivity contribution in [1.82, 2.24) is 19.9 Å². The summed E-state index contributed by atoms with van der Waals surface area (Å²) >= 11 is 4.90. The number of aromatic amines is 4. The molecule has 0 bridgehead atoms. The number of H-pyrrole nitrogens is 4. The van der Waals surface area contributed by atoms with E-state index in [-0.39, 0.29) is 5.69 Å². The second kappa shape index (κ2) is 12.0. The third-order valence-corrected chi connectivity index (χ3v) is 3.05. The van der Waals surface area contributed by atoms with Gasteiger partial charge in [-0.2, -0.15) is 0 Å². The molecule has 2 aromatic heterocycles. The van der Waals surface area contributed by atoms with Crippen molar-refractivity contribution in [2.75, 3.05) is 0 Å². The van der Waals surface area contributed by atoms with Gasteiger partial charge in [0.05, 0.1) is 22.1 Å². The number of imidazole rings is 2. The van der Waals surface area contributed by atoms with E-state index in [1.165, 1.54) is 0 Å². The van der Waals surface area contributed by atoms with Gasteiger partial charge in [-0.3, -0.25) is 0 Å². The van der Waals surface area contributed by atoms with Crippen LogP contribution in [0.4, 0.5) is 0 Å². The average molecular weight is 401 g/mol. The fourth-order valence-electron chi connectivity index (χ4n) is 1.95. The van der Waals surface area contributed by atoms with Crippen LogP contribution in [0.25, 0.3) is 22.1 Å². The van der Waals surface area contributed by atoms with Gasteiger partial charge in [-0.05, 0) is 48.3 Å². The molecule has 0 atom stereocenters. The van der Waals surface area contributed by atoms with E-state index in [9.17, 15) is 4.79 Å². The standard InChI is InChI=1S/C7H6N2O.C7H6N2S.2C4H10/c2*10-7-8-5-3-1-2-4-6(5)9-7;2*1-4(2)3/h2*1-4H,(H2,8,9,10);2*4H,1-3H3. The molecule has 4 N–H and O–H groups in total. The maximum atomic E-state index is 10.7. The molecule has 4 aromatic rings. The van der Waals surface area contributed by atoms with Crippen LogP contribution in [0.15, 0.2) is 53.3 Å². The van der Waals surface area contributed by atoms with E-state index in [2.05, 4.69) is 61.5 Å². The minimum Gasteiger partial charge on any atom is -0.331 e. The highest BCUT2D eigenvalue weighted by molar-refractivity contribution is 7.71. The lowest BCUT2D eigenvalue weighted by Crippen LogP contribution is -1.99. The number of para-hydroxylation sites is 4. The first kappa shape index (κ1) is 23.4. The molecule has 0 fully saturated rings. The topological polar surface area (TPSA) is 80.2 Å². The van der Waals surface area contributed by atoms with Gasteiger partial charge in [-0.15, -0.1) is 0 Å². The van der Waals surface area contributed by atoms with E-state index in [0.717, 1.165) is 33.9 Å². The molecule has 0 radical (unpaired) electrons. The molecule has 0 aliphatic heterocycles. The molecular formula is C22H32N4OS. The summed E-state index contributed by atoms with van der Waals surface area (Å²) in [7, 11) is 0. The highest BCUT2D eigenvalue weighted by atomic mass is 32.1. The summed E-state index contributed by atoms with van der Waals surface area (Å²) in [6, 6.07) is 15.4. The van der Waals surface area contributed by atoms with Crippen LogP contribution in [0.5, 0.6) is 0 Å². The molecule has 2 heterocycles. The van der Waals surface area contributed by atoms with Crippen molar-refractivity contribution in [2.45, 2.75) is 41.5 Å². The normalized spacial score (nSPS) is 10.0. The Labute approximate surface area is 171 Å². The third kappa shape index (κ3) is 9.37. The molecule has 5 nitrogen and oxygen atoms in total. The van der Waals surface area contributed by atoms with E-state index >= 15 is 0 Å². The van der Waals surface area contributed by atoms with Gasteiger partial charge in [-0.25, -0.2) is 4.79 Å². The lowest BCUT2D eigenvalue weighted by Gasteiger charge is -1.82. The first-order valence-electron chi connectivity index (χ1n) is 9.53. The van der Waals surface area contributed by atoms with Gasteiger partial charge in [0.1, 0.15) is 0 Å². The zero-order valence-electron chi connectivity index (χ0n) is 17.6. The summed E-state index contributed by atoms with van der Waals surface area (Å²) < 4.78 is 0.682. The molecule has 0 spiro atoms. The molecule has 0 saturated carbocycles. The summed E-state index contributed by atoms with van der Waals surface area (Å²) in [5.74, 6) is 1.67. The SMILES string of the molecule is CC(C)C.CC(C)C.O=c1[nH]c2ccccc2[nH]1.S=c1[nH]c2ccccc2[nH]1. The van der Waals surface area contributed by atoms with Crippen LogP contribution in [0.3, 0.4) is 0 Å². The number of hydrogen-bond donors (Lipinski definition) is 4. The first-order chi connectivity index (χ1) is 13.2. The zero-order valence-corrected chi connectivity index (χ0v) is 18.4. The maximum absolute atomic E-state index is 10.7. The predicted octanol–water partition coefficient (Wildman–Crippen LogP) is 6.41. The van der Waals surface area contributed by atoms with Gasteiger partial charge in [0.15, 0.2) is 4.77 Å². The maximum Gasteiger partial charge on any atom is 0.323 e. The minimum atomic E-state index is -0.152. The zero-order chi connectivity index (χ0) is 21.1. The van der Waals surface area contributed by atoms with Crippen LogP contribution in [0.2, 0.25) is 0 Å². The molecule has 0 aliphatic carbocycles. The van der Waals surface area contributed by atoms with E-state index < -0.39 is 0 Å². The lowest BCUT2D eigenvalue weighted by molar-refractivity contribution is 0.736. The number of hydrogen-bond acceptors (Lipinski definition) is 2. The van der Waals surface area contributed by atoms with Crippen molar-refractivity contribution in [2.24, 2.45) is 11.8 Å². The Hall–Kier alpha value is -2.60. The van der Waals surface area contributed by atoms with Crippen molar-refractivity contribution in [1.29, 1.82) is 0 Å². The van der Waals surface area contributed by atoms with Crippen LogP contribution in [0.1, 0.15) is 41.5 Å². The van der Waals surface area contributed by atoms with E-state index in [1.54, 1.807) is 0 Å². The quantitative estimate of drug-likeness (QED) is 0.257. The fourth-order valence-corrected chi connectivity index (χ4v) is 2.17. The van der Waals surface area contributed by atoms with Crippen molar-refractivity contribution >= 4 is 34.3 Å². The fraction of sp³-hybridized carbons (Fsp3) is 0.364. The number of benzene rings is 2. The monoisotopic (exact) mass is 400 g/mol. The Bertz CT molecular complexity index is 889. The second-order valence-electron chi connectivity index (χ2n) is 7.71. The van der Waals surface area contributed by atoms with Gasteiger partial charge in [0.2, 0.25) is 0 Å². The Kier molecular flexibility index (Phi) is 10.0. The van der Waals surface area contributed by atoms with Gasteiger partial charge >= 0.3 is 5.69 Å². The Morgan fingerprint density at radius 3 is 1.14 bits per heavy atom. The average Bonchev–Trinajstić information content (AvgIpc) is 3.14. The lowest BCUT2D eigenvalue weighted by atomic mass is 10.3. The first-order valence-corrected chi connectivity index (χ1v) is 9.94. The number of rotatable bonds is 0. The van der Waals surface area contributed by atoms with E-state index in [0.29, 0.717) is 4.77 Å². The Morgan fingerprint density at radius 1 is 0.607 bits per heavy atom. The van der Waals surface area contributed by atoms with Crippen LogP contribution in [-0.2, 0) is 0 Å². The highest BCUT2D eigenvalue weighted by Gasteiger charge is 1.92. The van der Waals surface area contributed by atoms with Crippen molar-refractivity contribution in [3.8, 4) is 0 Å². The number of fused-ring (bicyclic) bond motifs is 2. The third-order valence-electron chi connectivity index (χ3n) is 2.85. The number of aromatic nitrogens is 4. The number of nitrogens with one attached hydrogen (secondary N) is 4. The summed E-state index contributed by atoms with van der Waals surface area (Å²) in [5, 5.41) is 0. The molecule has 0 aliphatic rings. The van der Waals surface area contributed by atoms with Gasteiger partial charge in [0, 0.05) is 0 Å². The molecular weight excluding hydrogens is 368 g/mol. The predicted molar refractivity (Wildman–Crippen MR) is 123 cm³/mol. The highest BCUT2D eigenvalue weighted by Crippen LogP contribution is 2.07. The largest absolute Gasteiger partial charge is 0.331 e. The van der Waals surface area contributed by atoms with Gasteiger partial charge in [0.25, 0.3) is 0 Å². The van der Waals surface area contributed by atoms with E-state index in [1.807, 2.05) is 48.5 Å². The second-order valence-corrected chi connectivity index (χ2v) is 8.12. The van der Waals surface area contributed by atoms with E-state index in [4.69, 9.17) is 12.2 Å². The minimum absolute atomic E-state index is 0.152. The van der Waals surface area contributed by atoms with Gasteiger partial charge < -0.3 is 19.9 Å². The van der Waals surface area contributed by atoms with Crippen LogP contribution < -0.4 is 5.69 Å². The molecule has 0 amide bonds. The Morgan fingerprint density at radius 2 is 0.857 bits per heavy atom. The summed E-state index contributed by atoms with van der Waals surface area (Å²) in [6.45, 7) is 13.0.